The molecule has 0 unspecified atom stereocenters. The molecule has 0 radical (unpaired) electrons. The Labute approximate surface area is 143 Å². The molecule has 0 aliphatic rings. The van der Waals surface area contributed by atoms with Crippen LogP contribution in [0.5, 0.6) is 0 Å². The van der Waals surface area contributed by atoms with Gasteiger partial charge >= 0.3 is 5.97 Å². The van der Waals surface area contributed by atoms with E-state index in [4.69, 9.17) is 4.74 Å². The lowest BCUT2D eigenvalue weighted by Crippen LogP contribution is -2.19. The van der Waals surface area contributed by atoms with E-state index in [1.807, 2.05) is 66.7 Å². The van der Waals surface area contributed by atoms with E-state index in [2.05, 4.69) is 24.3 Å². The van der Waals surface area contributed by atoms with Crippen LogP contribution in [0.25, 0.3) is 0 Å². The molecule has 0 atom stereocenters. The van der Waals surface area contributed by atoms with Crippen molar-refractivity contribution in [3.05, 3.63) is 96.6 Å². The molecule has 24 heavy (non-hydrogen) atoms. The highest BCUT2D eigenvalue weighted by atomic mass is 31.1. The van der Waals surface area contributed by atoms with Gasteiger partial charge in [0, 0.05) is 0 Å². The molecule has 0 saturated heterocycles. The fourth-order valence-electron chi connectivity index (χ4n) is 2.46. The maximum absolute atomic E-state index is 12.4. The highest BCUT2D eigenvalue weighted by Crippen LogP contribution is 2.33. The molecule has 3 heteroatoms. The molecule has 0 heterocycles. The average molecular weight is 334 g/mol. The molecule has 0 fully saturated rings. The predicted molar refractivity (Wildman–Crippen MR) is 100 cm³/mol. The van der Waals surface area contributed by atoms with Crippen molar-refractivity contribution in [2.24, 2.45) is 0 Å². The molecule has 0 N–H and O–H groups in total. The Morgan fingerprint density at radius 1 is 0.708 bits per heavy atom. The van der Waals surface area contributed by atoms with Crippen molar-refractivity contribution in [1.82, 2.24) is 0 Å². The van der Waals surface area contributed by atoms with Crippen molar-refractivity contribution in [3.8, 4) is 0 Å². The van der Waals surface area contributed by atoms with Crippen LogP contribution >= 0.6 is 7.92 Å². The monoisotopic (exact) mass is 334 g/mol. The van der Waals surface area contributed by atoms with Crippen molar-refractivity contribution >= 4 is 24.5 Å². The van der Waals surface area contributed by atoms with Gasteiger partial charge in [-0.2, -0.15) is 0 Å². The Balaban J connectivity index is 1.71. The summed E-state index contributed by atoms with van der Waals surface area (Å²) in [6.45, 7) is 0.326. The van der Waals surface area contributed by atoms with E-state index in [1.54, 1.807) is 0 Å². The number of esters is 1. The van der Waals surface area contributed by atoms with Gasteiger partial charge in [-0.3, -0.25) is 4.79 Å². The SMILES string of the molecule is O=C(CP(c1ccccc1)c1ccccc1)OCc1ccccc1. The van der Waals surface area contributed by atoms with Crippen LogP contribution in [0.2, 0.25) is 0 Å². The third-order valence-electron chi connectivity index (χ3n) is 3.67. The second-order valence-electron chi connectivity index (χ2n) is 5.40. The van der Waals surface area contributed by atoms with Gasteiger partial charge in [-0.25, -0.2) is 0 Å². The Kier molecular flexibility index (Phi) is 5.76. The molecule has 3 rings (SSSR count). The summed E-state index contributed by atoms with van der Waals surface area (Å²) in [6.07, 6.45) is 0.399. The Morgan fingerprint density at radius 3 is 1.67 bits per heavy atom. The Hall–Kier alpha value is -2.44. The van der Waals surface area contributed by atoms with E-state index in [0.29, 0.717) is 12.8 Å². The predicted octanol–water partition coefficient (Wildman–Crippen LogP) is 3.86. The van der Waals surface area contributed by atoms with Crippen LogP contribution in [0, 0.1) is 0 Å². The summed E-state index contributed by atoms with van der Waals surface area (Å²) in [5, 5.41) is 2.38. The van der Waals surface area contributed by atoms with E-state index >= 15 is 0 Å². The van der Waals surface area contributed by atoms with Gasteiger partial charge in [0.05, 0.1) is 6.16 Å². The zero-order chi connectivity index (χ0) is 16.6. The molecule has 0 aromatic heterocycles. The van der Waals surface area contributed by atoms with E-state index in [-0.39, 0.29) is 5.97 Å². The van der Waals surface area contributed by atoms with Crippen LogP contribution in [-0.2, 0) is 16.1 Å². The van der Waals surface area contributed by atoms with Gasteiger partial charge in [0.15, 0.2) is 0 Å². The quantitative estimate of drug-likeness (QED) is 0.505. The largest absolute Gasteiger partial charge is 0.461 e. The van der Waals surface area contributed by atoms with Crippen LogP contribution < -0.4 is 10.6 Å². The highest BCUT2D eigenvalue weighted by Gasteiger charge is 2.18. The first-order chi connectivity index (χ1) is 11.8. The number of carbonyl (C=O) groups is 1. The zero-order valence-electron chi connectivity index (χ0n) is 13.3. The minimum atomic E-state index is -0.745. The number of ether oxygens (including phenoxy) is 1. The van der Waals surface area contributed by atoms with E-state index in [1.165, 1.54) is 10.6 Å². The third-order valence-corrected chi connectivity index (χ3v) is 6.08. The molecular weight excluding hydrogens is 315 g/mol. The second-order valence-corrected chi connectivity index (χ2v) is 7.61. The lowest BCUT2D eigenvalue weighted by molar-refractivity contribution is -0.141. The number of hydrogen-bond acceptors (Lipinski definition) is 2. The number of benzene rings is 3. The molecular formula is C21H19O2P. The van der Waals surface area contributed by atoms with Crippen LogP contribution in [0.1, 0.15) is 5.56 Å². The van der Waals surface area contributed by atoms with Gasteiger partial charge in [0.1, 0.15) is 6.61 Å². The molecule has 3 aromatic carbocycles. The maximum Gasteiger partial charge on any atom is 0.311 e. The van der Waals surface area contributed by atoms with Crippen LogP contribution in [-0.4, -0.2) is 12.1 Å². The molecule has 2 nitrogen and oxygen atoms in total. The average Bonchev–Trinajstić information content (AvgIpc) is 2.67. The standard InChI is InChI=1S/C21H19O2P/c22-21(23-16-18-10-4-1-5-11-18)17-24(19-12-6-2-7-13-19)20-14-8-3-9-15-20/h1-15H,16-17H2. The summed E-state index contributed by atoms with van der Waals surface area (Å²) in [7, 11) is -0.745. The van der Waals surface area contributed by atoms with E-state index < -0.39 is 7.92 Å². The fourth-order valence-corrected chi connectivity index (χ4v) is 4.54. The summed E-state index contributed by atoms with van der Waals surface area (Å²) < 4.78 is 5.48. The van der Waals surface area contributed by atoms with Crippen LogP contribution in [0.15, 0.2) is 91.0 Å². The first-order valence-electron chi connectivity index (χ1n) is 7.90. The lowest BCUT2D eigenvalue weighted by Gasteiger charge is -2.18. The van der Waals surface area contributed by atoms with E-state index in [0.717, 1.165) is 5.56 Å². The Morgan fingerprint density at radius 2 is 1.17 bits per heavy atom. The van der Waals surface area contributed by atoms with Crippen molar-refractivity contribution < 1.29 is 9.53 Å². The number of hydrogen-bond donors (Lipinski definition) is 0. The summed E-state index contributed by atoms with van der Waals surface area (Å²) >= 11 is 0. The fraction of sp³-hybridized carbons (Fsp3) is 0.0952. The smallest absolute Gasteiger partial charge is 0.311 e. The topological polar surface area (TPSA) is 26.3 Å². The van der Waals surface area contributed by atoms with Gasteiger partial charge in [0.25, 0.3) is 0 Å². The van der Waals surface area contributed by atoms with E-state index in [9.17, 15) is 4.79 Å². The highest BCUT2D eigenvalue weighted by molar-refractivity contribution is 7.73. The zero-order valence-corrected chi connectivity index (χ0v) is 14.2. The Bertz CT molecular complexity index is 718. The molecule has 0 amide bonds. The first kappa shape index (κ1) is 16.4. The number of rotatable bonds is 6. The molecule has 0 bridgehead atoms. The van der Waals surface area contributed by atoms with Crippen molar-refractivity contribution in [2.45, 2.75) is 6.61 Å². The third kappa shape index (κ3) is 4.53. The molecule has 0 saturated carbocycles. The summed E-state index contributed by atoms with van der Waals surface area (Å²) in [4.78, 5) is 12.4. The normalized spacial score (nSPS) is 10.5. The maximum atomic E-state index is 12.4. The van der Waals surface area contributed by atoms with Gasteiger partial charge in [-0.05, 0) is 24.1 Å². The summed E-state index contributed by atoms with van der Waals surface area (Å²) in [6, 6.07) is 30.2. The molecule has 0 aliphatic carbocycles. The van der Waals surface area contributed by atoms with Gasteiger partial charge in [-0.15, -0.1) is 0 Å². The minimum absolute atomic E-state index is 0.155. The first-order valence-corrected chi connectivity index (χ1v) is 9.43. The summed E-state index contributed by atoms with van der Waals surface area (Å²) in [5.74, 6) is -0.155. The van der Waals surface area contributed by atoms with Gasteiger partial charge in [-0.1, -0.05) is 91.0 Å². The molecule has 120 valence electrons. The van der Waals surface area contributed by atoms with Gasteiger partial charge < -0.3 is 4.74 Å². The second kappa shape index (κ2) is 8.42. The van der Waals surface area contributed by atoms with Crippen LogP contribution in [0.3, 0.4) is 0 Å². The lowest BCUT2D eigenvalue weighted by atomic mass is 10.2. The summed E-state index contributed by atoms with van der Waals surface area (Å²) in [5.41, 5.74) is 1.01. The van der Waals surface area contributed by atoms with Crippen molar-refractivity contribution in [3.63, 3.8) is 0 Å². The molecule has 3 aromatic rings. The van der Waals surface area contributed by atoms with Crippen molar-refractivity contribution in [2.75, 3.05) is 6.16 Å². The molecule has 0 aliphatic heterocycles. The minimum Gasteiger partial charge on any atom is -0.461 e. The van der Waals surface area contributed by atoms with Crippen LogP contribution in [0.4, 0.5) is 0 Å². The molecule has 0 spiro atoms. The van der Waals surface area contributed by atoms with Crippen molar-refractivity contribution in [1.29, 1.82) is 0 Å². The van der Waals surface area contributed by atoms with Gasteiger partial charge in [0.2, 0.25) is 0 Å². The number of carbonyl (C=O) groups excluding carboxylic acids is 1.